The summed E-state index contributed by atoms with van der Waals surface area (Å²) in [6, 6.07) is 7.26. The summed E-state index contributed by atoms with van der Waals surface area (Å²) in [6.45, 7) is 2.94. The predicted molar refractivity (Wildman–Crippen MR) is 71.0 cm³/mol. The third kappa shape index (κ3) is 3.81. The number of pyridine rings is 1. The van der Waals surface area contributed by atoms with E-state index in [0.717, 1.165) is 17.2 Å². The van der Waals surface area contributed by atoms with Crippen LogP contribution in [0.4, 0.5) is 13.2 Å². The van der Waals surface area contributed by atoms with Gasteiger partial charge in [0.05, 0.1) is 5.56 Å². The van der Waals surface area contributed by atoms with Crippen molar-refractivity contribution in [3.05, 3.63) is 65.0 Å². The Balaban J connectivity index is 1.97. The molecule has 1 aromatic heterocycles. The predicted octanol–water partition coefficient (Wildman–Crippen LogP) is 3.70. The Morgan fingerprint density at radius 3 is 2.65 bits per heavy atom. The van der Waals surface area contributed by atoms with Gasteiger partial charge in [-0.25, -0.2) is 0 Å². The number of aromatic nitrogens is 1. The summed E-state index contributed by atoms with van der Waals surface area (Å²) in [4.78, 5) is 4.03. The molecule has 0 fully saturated rings. The third-order valence-electron chi connectivity index (χ3n) is 3.05. The van der Waals surface area contributed by atoms with Gasteiger partial charge >= 0.3 is 6.18 Å². The quantitative estimate of drug-likeness (QED) is 0.923. The van der Waals surface area contributed by atoms with Crippen LogP contribution in [0, 0.1) is 6.92 Å². The number of benzene rings is 1. The van der Waals surface area contributed by atoms with Crippen LogP contribution in [0.3, 0.4) is 0 Å². The van der Waals surface area contributed by atoms with Crippen molar-refractivity contribution >= 4 is 0 Å². The summed E-state index contributed by atoms with van der Waals surface area (Å²) in [5, 5.41) is 3.13. The molecule has 0 aliphatic heterocycles. The minimum Gasteiger partial charge on any atom is -0.309 e. The molecule has 20 heavy (non-hydrogen) atoms. The topological polar surface area (TPSA) is 24.9 Å². The van der Waals surface area contributed by atoms with E-state index in [2.05, 4.69) is 10.3 Å². The Kier molecular flexibility index (Phi) is 4.39. The fourth-order valence-electron chi connectivity index (χ4n) is 1.88. The van der Waals surface area contributed by atoms with E-state index in [1.807, 2.05) is 13.0 Å². The molecule has 0 bridgehead atoms. The van der Waals surface area contributed by atoms with Crippen molar-refractivity contribution in [2.75, 3.05) is 0 Å². The van der Waals surface area contributed by atoms with Crippen LogP contribution in [-0.4, -0.2) is 4.98 Å². The first-order valence-corrected chi connectivity index (χ1v) is 6.23. The first kappa shape index (κ1) is 14.5. The monoisotopic (exact) mass is 280 g/mol. The largest absolute Gasteiger partial charge is 0.416 e. The zero-order valence-electron chi connectivity index (χ0n) is 11.0. The zero-order chi connectivity index (χ0) is 14.6. The van der Waals surface area contributed by atoms with Gasteiger partial charge in [-0.15, -0.1) is 0 Å². The molecule has 1 heterocycles. The molecule has 0 aliphatic carbocycles. The van der Waals surface area contributed by atoms with Gasteiger partial charge in [0.15, 0.2) is 0 Å². The van der Waals surface area contributed by atoms with E-state index in [-0.39, 0.29) is 0 Å². The summed E-state index contributed by atoms with van der Waals surface area (Å²) >= 11 is 0. The Labute approximate surface area is 115 Å². The van der Waals surface area contributed by atoms with Crippen LogP contribution in [0.25, 0.3) is 0 Å². The van der Waals surface area contributed by atoms with E-state index in [0.29, 0.717) is 18.7 Å². The van der Waals surface area contributed by atoms with Gasteiger partial charge in [0.1, 0.15) is 0 Å². The van der Waals surface area contributed by atoms with Gasteiger partial charge in [-0.05, 0) is 35.7 Å². The van der Waals surface area contributed by atoms with E-state index in [9.17, 15) is 13.2 Å². The lowest BCUT2D eigenvalue weighted by molar-refractivity contribution is -0.137. The fraction of sp³-hybridized carbons (Fsp3) is 0.267. The number of nitrogens with one attached hydrogen (secondary N) is 1. The Hall–Kier alpha value is -1.88. The highest BCUT2D eigenvalue weighted by molar-refractivity contribution is 5.26. The Morgan fingerprint density at radius 2 is 1.95 bits per heavy atom. The second-order valence-electron chi connectivity index (χ2n) is 4.60. The first-order chi connectivity index (χ1) is 9.47. The molecule has 0 unspecified atom stereocenters. The fourth-order valence-corrected chi connectivity index (χ4v) is 1.88. The molecule has 0 radical (unpaired) electrons. The number of alkyl halides is 3. The summed E-state index contributed by atoms with van der Waals surface area (Å²) in [5.41, 5.74) is 2.15. The highest BCUT2D eigenvalue weighted by atomic mass is 19.4. The maximum absolute atomic E-state index is 12.6. The van der Waals surface area contributed by atoms with Crippen LogP contribution in [0.1, 0.15) is 22.3 Å². The van der Waals surface area contributed by atoms with Gasteiger partial charge in [0, 0.05) is 25.5 Å². The van der Waals surface area contributed by atoms with E-state index in [1.165, 1.54) is 12.1 Å². The lowest BCUT2D eigenvalue weighted by atomic mass is 10.1. The number of nitrogens with zero attached hydrogens (tertiary/aromatic N) is 1. The normalized spacial score (nSPS) is 11.6. The number of hydrogen-bond donors (Lipinski definition) is 1. The van der Waals surface area contributed by atoms with Crippen molar-refractivity contribution in [1.82, 2.24) is 10.3 Å². The molecule has 106 valence electrons. The molecule has 0 spiro atoms. The van der Waals surface area contributed by atoms with Crippen molar-refractivity contribution in [3.63, 3.8) is 0 Å². The maximum atomic E-state index is 12.6. The van der Waals surface area contributed by atoms with Crippen molar-refractivity contribution in [1.29, 1.82) is 0 Å². The molecular weight excluding hydrogens is 265 g/mol. The average Bonchev–Trinajstić information content (AvgIpc) is 2.40. The Bertz CT molecular complexity index is 579. The smallest absolute Gasteiger partial charge is 0.309 e. The molecular formula is C15H15F3N2. The highest BCUT2D eigenvalue weighted by Gasteiger charge is 2.30. The molecule has 2 aromatic rings. The van der Waals surface area contributed by atoms with Crippen LogP contribution in [0.2, 0.25) is 0 Å². The highest BCUT2D eigenvalue weighted by Crippen LogP contribution is 2.29. The van der Waals surface area contributed by atoms with Gasteiger partial charge in [-0.2, -0.15) is 13.2 Å². The second-order valence-corrected chi connectivity index (χ2v) is 4.60. The average molecular weight is 280 g/mol. The number of hydrogen-bond acceptors (Lipinski definition) is 2. The second kappa shape index (κ2) is 6.05. The molecule has 2 rings (SSSR count). The maximum Gasteiger partial charge on any atom is 0.416 e. The van der Waals surface area contributed by atoms with Gasteiger partial charge in [0.2, 0.25) is 0 Å². The van der Waals surface area contributed by atoms with Crippen LogP contribution in [0.15, 0.2) is 42.7 Å². The van der Waals surface area contributed by atoms with E-state index >= 15 is 0 Å². The SMILES string of the molecule is Cc1ccncc1CNCc1cccc(C(F)(F)F)c1. The van der Waals surface area contributed by atoms with Gasteiger partial charge in [0.25, 0.3) is 0 Å². The van der Waals surface area contributed by atoms with Crippen LogP contribution in [0.5, 0.6) is 0 Å². The van der Waals surface area contributed by atoms with Gasteiger partial charge in [-0.3, -0.25) is 4.98 Å². The first-order valence-electron chi connectivity index (χ1n) is 6.23. The number of rotatable bonds is 4. The molecule has 5 heteroatoms. The van der Waals surface area contributed by atoms with Crippen LogP contribution < -0.4 is 5.32 Å². The molecule has 2 nitrogen and oxygen atoms in total. The number of halogens is 3. The number of aryl methyl sites for hydroxylation is 1. The molecule has 0 saturated heterocycles. The molecule has 1 N–H and O–H groups in total. The summed E-state index contributed by atoms with van der Waals surface area (Å²) in [7, 11) is 0. The lowest BCUT2D eigenvalue weighted by Crippen LogP contribution is -2.14. The van der Waals surface area contributed by atoms with Crippen molar-refractivity contribution < 1.29 is 13.2 Å². The van der Waals surface area contributed by atoms with E-state index in [1.54, 1.807) is 18.5 Å². The summed E-state index contributed by atoms with van der Waals surface area (Å²) in [6.07, 6.45) is -0.823. The lowest BCUT2D eigenvalue weighted by Gasteiger charge is -2.10. The van der Waals surface area contributed by atoms with Crippen LogP contribution >= 0.6 is 0 Å². The van der Waals surface area contributed by atoms with Crippen molar-refractivity contribution in [3.8, 4) is 0 Å². The molecule has 0 amide bonds. The Morgan fingerprint density at radius 1 is 1.15 bits per heavy atom. The molecule has 0 atom stereocenters. The van der Waals surface area contributed by atoms with Crippen molar-refractivity contribution in [2.45, 2.75) is 26.2 Å². The van der Waals surface area contributed by atoms with E-state index < -0.39 is 11.7 Å². The van der Waals surface area contributed by atoms with Crippen LogP contribution in [-0.2, 0) is 19.3 Å². The standard InChI is InChI=1S/C15H15F3N2/c1-11-5-6-19-9-13(11)10-20-8-12-3-2-4-14(7-12)15(16,17)18/h2-7,9,20H,8,10H2,1H3. The minimum absolute atomic E-state index is 0.387. The summed E-state index contributed by atoms with van der Waals surface area (Å²) < 4.78 is 37.7. The van der Waals surface area contributed by atoms with Gasteiger partial charge in [-0.1, -0.05) is 18.2 Å². The van der Waals surface area contributed by atoms with Gasteiger partial charge < -0.3 is 5.32 Å². The minimum atomic E-state index is -4.30. The molecule has 0 saturated carbocycles. The van der Waals surface area contributed by atoms with E-state index in [4.69, 9.17) is 0 Å². The molecule has 0 aliphatic rings. The third-order valence-corrected chi connectivity index (χ3v) is 3.05. The molecule has 1 aromatic carbocycles. The summed E-state index contributed by atoms with van der Waals surface area (Å²) in [5.74, 6) is 0. The van der Waals surface area contributed by atoms with Crippen molar-refractivity contribution in [2.24, 2.45) is 0 Å². The zero-order valence-corrected chi connectivity index (χ0v) is 11.0.